The minimum absolute atomic E-state index is 0.0947. The second kappa shape index (κ2) is 5.11. The molecule has 0 unspecified atom stereocenters. The number of benzene rings is 1. The van der Waals surface area contributed by atoms with Crippen molar-refractivity contribution in [1.29, 1.82) is 0 Å². The Labute approximate surface area is 134 Å². The standard InChI is InChI=1S/C14H9ClIN3O/c1-18-7-12-10(5-6-16)17-8-19(12)11-4-2-3-9(15)13(11)14(18)20/h2-4,8H,7H2,1H3. The van der Waals surface area contributed by atoms with Crippen molar-refractivity contribution in [2.24, 2.45) is 0 Å². The fraction of sp³-hybridized carbons (Fsp3) is 0.143. The molecule has 3 rings (SSSR count). The van der Waals surface area contributed by atoms with Gasteiger partial charge in [0.1, 0.15) is 12.0 Å². The molecule has 0 radical (unpaired) electrons. The topological polar surface area (TPSA) is 38.1 Å². The van der Waals surface area contributed by atoms with E-state index in [1.807, 2.05) is 39.3 Å². The Kier molecular flexibility index (Phi) is 3.44. The lowest BCUT2D eigenvalue weighted by Crippen LogP contribution is -2.25. The third-order valence-corrected chi connectivity index (χ3v) is 3.82. The molecule has 1 aromatic carbocycles. The van der Waals surface area contributed by atoms with E-state index in [4.69, 9.17) is 11.6 Å². The average molecular weight is 398 g/mol. The van der Waals surface area contributed by atoms with Crippen LogP contribution in [-0.4, -0.2) is 27.4 Å². The van der Waals surface area contributed by atoms with E-state index in [-0.39, 0.29) is 5.91 Å². The van der Waals surface area contributed by atoms with Gasteiger partial charge in [0.05, 0.1) is 28.5 Å². The molecule has 1 aliphatic heterocycles. The Morgan fingerprint density at radius 2 is 2.25 bits per heavy atom. The van der Waals surface area contributed by atoms with Crippen LogP contribution in [0.3, 0.4) is 0 Å². The predicted octanol–water partition coefficient (Wildman–Crippen LogP) is 2.86. The third-order valence-electron chi connectivity index (χ3n) is 3.23. The largest absolute Gasteiger partial charge is 0.336 e. The van der Waals surface area contributed by atoms with E-state index in [0.717, 1.165) is 11.4 Å². The highest BCUT2D eigenvalue weighted by atomic mass is 127. The fourth-order valence-electron chi connectivity index (χ4n) is 2.29. The monoisotopic (exact) mass is 397 g/mol. The smallest absolute Gasteiger partial charge is 0.257 e. The number of hydrogen-bond acceptors (Lipinski definition) is 2. The van der Waals surface area contributed by atoms with Crippen LogP contribution >= 0.6 is 34.2 Å². The summed E-state index contributed by atoms with van der Waals surface area (Å²) in [5, 5.41) is 0.447. The first-order chi connectivity index (χ1) is 9.63. The minimum Gasteiger partial charge on any atom is -0.336 e. The number of carbonyl (C=O) groups excluding carboxylic acids is 1. The summed E-state index contributed by atoms with van der Waals surface area (Å²) < 4.78 is 4.70. The highest BCUT2D eigenvalue weighted by Gasteiger charge is 2.27. The van der Waals surface area contributed by atoms with Gasteiger partial charge in [0.15, 0.2) is 0 Å². The second-order valence-corrected chi connectivity index (χ2v) is 5.37. The lowest BCUT2D eigenvalue weighted by molar-refractivity contribution is 0.0788. The van der Waals surface area contributed by atoms with Gasteiger partial charge in [-0.25, -0.2) is 4.98 Å². The minimum atomic E-state index is -0.0947. The van der Waals surface area contributed by atoms with Crippen LogP contribution in [0.4, 0.5) is 0 Å². The fourth-order valence-corrected chi connectivity index (χ4v) is 2.80. The summed E-state index contributed by atoms with van der Waals surface area (Å²) in [6.07, 6.45) is 1.69. The summed E-state index contributed by atoms with van der Waals surface area (Å²) in [4.78, 5) is 18.4. The molecule has 0 bridgehead atoms. The zero-order chi connectivity index (χ0) is 14.3. The Bertz CT molecular complexity index is 772. The first-order valence-corrected chi connectivity index (χ1v) is 7.31. The SMILES string of the molecule is CN1Cc2c(C#CI)ncn2-c2cccc(Cl)c2C1=O. The lowest BCUT2D eigenvalue weighted by atomic mass is 10.1. The molecule has 6 heteroatoms. The average Bonchev–Trinajstić information content (AvgIpc) is 2.76. The van der Waals surface area contributed by atoms with Gasteiger partial charge in [0.2, 0.25) is 0 Å². The Morgan fingerprint density at radius 3 is 3.00 bits per heavy atom. The number of hydrogen-bond donors (Lipinski definition) is 0. The Morgan fingerprint density at radius 1 is 1.45 bits per heavy atom. The van der Waals surface area contributed by atoms with Crippen LogP contribution in [-0.2, 0) is 6.54 Å². The molecule has 0 spiro atoms. The quantitative estimate of drug-likeness (QED) is 0.506. The molecule has 2 aromatic rings. The summed E-state index contributed by atoms with van der Waals surface area (Å²) in [7, 11) is 1.75. The van der Waals surface area contributed by atoms with E-state index in [1.54, 1.807) is 24.3 Å². The Hall–Kier alpha value is -1.52. The molecule has 20 heavy (non-hydrogen) atoms. The van der Waals surface area contributed by atoms with Crippen molar-refractivity contribution in [3.63, 3.8) is 0 Å². The maximum atomic E-state index is 12.5. The summed E-state index contributed by atoms with van der Waals surface area (Å²) in [6.45, 7) is 0.449. The lowest BCUT2D eigenvalue weighted by Gasteiger charge is -2.14. The van der Waals surface area contributed by atoms with Gasteiger partial charge in [-0.3, -0.25) is 9.36 Å². The molecule has 0 fully saturated rings. The van der Waals surface area contributed by atoms with Crippen LogP contribution in [0.25, 0.3) is 5.69 Å². The number of aromatic nitrogens is 2. The Balaban J connectivity index is 2.33. The van der Waals surface area contributed by atoms with Crippen molar-refractivity contribution < 1.29 is 4.79 Å². The van der Waals surface area contributed by atoms with Crippen LogP contribution in [0.15, 0.2) is 24.5 Å². The van der Waals surface area contributed by atoms with Crippen molar-refractivity contribution in [2.75, 3.05) is 7.05 Å². The van der Waals surface area contributed by atoms with Gasteiger partial charge in [-0.1, -0.05) is 17.7 Å². The highest BCUT2D eigenvalue weighted by Crippen LogP contribution is 2.29. The van der Waals surface area contributed by atoms with Gasteiger partial charge < -0.3 is 4.90 Å². The van der Waals surface area contributed by atoms with E-state index in [1.165, 1.54) is 0 Å². The van der Waals surface area contributed by atoms with Crippen LogP contribution in [0, 0.1) is 9.85 Å². The number of amides is 1. The van der Waals surface area contributed by atoms with Gasteiger partial charge >= 0.3 is 0 Å². The molecular formula is C14H9ClIN3O. The molecule has 0 saturated heterocycles. The van der Waals surface area contributed by atoms with E-state index in [0.29, 0.717) is 22.8 Å². The number of rotatable bonds is 0. The number of carbonyl (C=O) groups is 1. The van der Waals surface area contributed by atoms with Crippen LogP contribution in [0.1, 0.15) is 21.7 Å². The third kappa shape index (κ3) is 2.00. The maximum Gasteiger partial charge on any atom is 0.257 e. The molecule has 1 aromatic heterocycles. The maximum absolute atomic E-state index is 12.5. The molecule has 1 aliphatic rings. The molecule has 0 saturated carbocycles. The van der Waals surface area contributed by atoms with E-state index in [2.05, 4.69) is 14.8 Å². The van der Waals surface area contributed by atoms with Gasteiger partial charge in [0.25, 0.3) is 5.91 Å². The first-order valence-electron chi connectivity index (χ1n) is 5.85. The molecule has 1 amide bonds. The summed E-state index contributed by atoms with van der Waals surface area (Å²) in [5.74, 6) is 2.86. The van der Waals surface area contributed by atoms with Gasteiger partial charge in [-0.05, 0) is 22.0 Å². The molecule has 0 atom stereocenters. The van der Waals surface area contributed by atoms with Gasteiger partial charge in [-0.15, -0.1) is 0 Å². The normalized spacial score (nSPS) is 13.2. The number of halogens is 2. The molecular weight excluding hydrogens is 389 g/mol. The first kappa shape index (κ1) is 13.5. The van der Waals surface area contributed by atoms with E-state index >= 15 is 0 Å². The highest BCUT2D eigenvalue weighted by molar-refractivity contribution is 14.1. The number of fused-ring (bicyclic) bond motifs is 3. The molecule has 100 valence electrons. The molecule has 2 heterocycles. The second-order valence-electron chi connectivity index (χ2n) is 4.42. The van der Waals surface area contributed by atoms with Gasteiger partial charge in [-0.2, -0.15) is 0 Å². The van der Waals surface area contributed by atoms with Crippen molar-refractivity contribution in [1.82, 2.24) is 14.5 Å². The zero-order valence-electron chi connectivity index (χ0n) is 10.5. The zero-order valence-corrected chi connectivity index (χ0v) is 13.4. The summed E-state index contributed by atoms with van der Waals surface area (Å²) in [5.41, 5.74) is 2.83. The van der Waals surface area contributed by atoms with E-state index in [9.17, 15) is 4.79 Å². The predicted molar refractivity (Wildman–Crippen MR) is 85.3 cm³/mol. The molecule has 0 N–H and O–H groups in total. The summed E-state index contributed by atoms with van der Waals surface area (Å²) >= 11 is 8.17. The van der Waals surface area contributed by atoms with E-state index < -0.39 is 0 Å². The molecule has 0 aliphatic carbocycles. The summed E-state index contributed by atoms with van der Waals surface area (Å²) in [6, 6.07) is 5.41. The molecule has 4 nitrogen and oxygen atoms in total. The van der Waals surface area contributed by atoms with Crippen molar-refractivity contribution in [2.45, 2.75) is 6.54 Å². The van der Waals surface area contributed by atoms with Crippen molar-refractivity contribution >= 4 is 40.1 Å². The number of imidazole rings is 1. The van der Waals surface area contributed by atoms with Crippen LogP contribution < -0.4 is 0 Å². The van der Waals surface area contributed by atoms with Crippen molar-refractivity contribution in [3.05, 3.63) is 46.5 Å². The number of nitrogens with zero attached hydrogens (tertiary/aromatic N) is 3. The van der Waals surface area contributed by atoms with Crippen LogP contribution in [0.2, 0.25) is 5.02 Å². The van der Waals surface area contributed by atoms with Crippen LogP contribution in [0.5, 0.6) is 0 Å². The van der Waals surface area contributed by atoms with Crippen molar-refractivity contribution in [3.8, 4) is 15.5 Å². The van der Waals surface area contributed by atoms with Gasteiger partial charge in [0, 0.05) is 29.6 Å².